The third-order valence-corrected chi connectivity index (χ3v) is 8.13. The number of nitrogens with zero attached hydrogens (tertiary/aromatic N) is 4. The molecule has 1 saturated heterocycles. The van der Waals surface area contributed by atoms with Gasteiger partial charge in [-0.3, -0.25) is 4.79 Å². The summed E-state index contributed by atoms with van der Waals surface area (Å²) < 4.78 is 1.88. The number of carbonyl (C=O) groups is 1. The minimum atomic E-state index is 0.0945. The van der Waals surface area contributed by atoms with Crippen LogP contribution >= 0.6 is 54.5 Å². The molecule has 3 aromatic heterocycles. The number of thiazole rings is 1. The highest BCUT2D eigenvalue weighted by atomic mass is 79.9. The number of anilines is 1. The van der Waals surface area contributed by atoms with E-state index in [-0.39, 0.29) is 5.91 Å². The van der Waals surface area contributed by atoms with Gasteiger partial charge in [0.1, 0.15) is 10.3 Å². The number of fused-ring (bicyclic) bond motifs is 1. The fourth-order valence-electron chi connectivity index (χ4n) is 2.60. The van der Waals surface area contributed by atoms with Crippen molar-refractivity contribution in [3.8, 4) is 0 Å². The summed E-state index contributed by atoms with van der Waals surface area (Å²) in [4.78, 5) is 27.5. The Morgan fingerprint density at radius 3 is 2.62 bits per heavy atom. The molecule has 1 aliphatic heterocycles. The summed E-state index contributed by atoms with van der Waals surface area (Å²) in [6, 6.07) is 5.76. The molecule has 0 N–H and O–H groups in total. The van der Waals surface area contributed by atoms with Crippen LogP contribution in [0.2, 0.25) is 0 Å². The van der Waals surface area contributed by atoms with Crippen LogP contribution in [0.4, 0.5) is 5.13 Å². The Hall–Kier alpha value is -1.03. The number of hydrogen-bond donors (Lipinski definition) is 0. The Bertz CT molecular complexity index is 849. The van der Waals surface area contributed by atoms with Crippen LogP contribution in [0.5, 0.6) is 0 Å². The molecular weight excluding hydrogens is 476 g/mol. The Labute approximate surface area is 163 Å². The second-order valence-electron chi connectivity index (χ2n) is 5.34. The molecule has 0 spiro atoms. The third-order valence-electron chi connectivity index (χ3n) is 3.85. The summed E-state index contributed by atoms with van der Waals surface area (Å²) in [6.45, 7) is 2.99. The number of hydrogen-bond acceptors (Lipinski definition) is 6. The molecule has 0 aromatic carbocycles. The average molecular weight is 488 g/mol. The minimum Gasteiger partial charge on any atom is -0.344 e. The summed E-state index contributed by atoms with van der Waals surface area (Å²) in [5.74, 6) is 0.0945. The molecule has 4 rings (SSSR count). The van der Waals surface area contributed by atoms with Gasteiger partial charge < -0.3 is 9.80 Å². The molecular formula is C15H12Br2N4OS2. The monoisotopic (exact) mass is 486 g/mol. The van der Waals surface area contributed by atoms with Gasteiger partial charge in [0, 0.05) is 36.8 Å². The van der Waals surface area contributed by atoms with Crippen molar-refractivity contribution in [3.63, 3.8) is 0 Å². The maximum atomic E-state index is 12.6. The van der Waals surface area contributed by atoms with Gasteiger partial charge in [0.2, 0.25) is 0 Å². The van der Waals surface area contributed by atoms with E-state index in [0.717, 1.165) is 41.7 Å². The molecule has 0 bridgehead atoms. The van der Waals surface area contributed by atoms with Crippen molar-refractivity contribution in [1.82, 2.24) is 14.9 Å². The average Bonchev–Trinajstić information content (AvgIpc) is 3.18. The van der Waals surface area contributed by atoms with E-state index in [2.05, 4.69) is 46.7 Å². The van der Waals surface area contributed by atoms with E-state index in [4.69, 9.17) is 0 Å². The van der Waals surface area contributed by atoms with Crippen molar-refractivity contribution in [2.75, 3.05) is 31.1 Å². The number of aromatic nitrogens is 2. The Morgan fingerprint density at radius 1 is 1.17 bits per heavy atom. The van der Waals surface area contributed by atoms with Crippen molar-refractivity contribution in [1.29, 1.82) is 0 Å². The zero-order valence-electron chi connectivity index (χ0n) is 12.4. The number of pyridine rings is 1. The molecule has 0 radical (unpaired) electrons. The SMILES string of the molecule is O=C(c1cc(Br)c(Br)s1)N1CCN(c2nc3cccnc3s2)CC1. The predicted octanol–water partition coefficient (Wildman–Crippen LogP) is 4.24. The van der Waals surface area contributed by atoms with Crippen LogP contribution in [0.25, 0.3) is 10.3 Å². The number of halogens is 2. The summed E-state index contributed by atoms with van der Waals surface area (Å²) in [5.41, 5.74) is 0.935. The van der Waals surface area contributed by atoms with Crippen molar-refractivity contribution in [2.45, 2.75) is 0 Å². The fourth-order valence-corrected chi connectivity index (χ4v) is 5.57. The molecule has 5 nitrogen and oxygen atoms in total. The third kappa shape index (κ3) is 3.10. The summed E-state index contributed by atoms with van der Waals surface area (Å²) in [7, 11) is 0. The quantitative estimate of drug-likeness (QED) is 0.542. The number of amides is 1. The Kier molecular flexibility index (Phi) is 4.59. The fraction of sp³-hybridized carbons (Fsp3) is 0.267. The van der Waals surface area contributed by atoms with Crippen LogP contribution in [-0.2, 0) is 0 Å². The molecule has 124 valence electrons. The van der Waals surface area contributed by atoms with Gasteiger partial charge in [0.25, 0.3) is 5.91 Å². The molecule has 1 aliphatic rings. The lowest BCUT2D eigenvalue weighted by atomic mass is 10.3. The van der Waals surface area contributed by atoms with Gasteiger partial charge in [-0.25, -0.2) is 9.97 Å². The normalized spacial score (nSPS) is 15.2. The molecule has 4 heterocycles. The molecule has 9 heteroatoms. The molecule has 0 atom stereocenters. The number of carbonyl (C=O) groups excluding carboxylic acids is 1. The van der Waals surface area contributed by atoms with Crippen molar-refractivity contribution < 1.29 is 4.79 Å². The lowest BCUT2D eigenvalue weighted by Gasteiger charge is -2.34. The van der Waals surface area contributed by atoms with Gasteiger partial charge in [0.05, 0.1) is 8.66 Å². The maximum Gasteiger partial charge on any atom is 0.264 e. The molecule has 3 aromatic rings. The Morgan fingerprint density at radius 2 is 1.96 bits per heavy atom. The van der Waals surface area contributed by atoms with E-state index in [1.54, 1.807) is 17.5 Å². The maximum absolute atomic E-state index is 12.6. The highest BCUT2D eigenvalue weighted by Crippen LogP contribution is 2.33. The van der Waals surface area contributed by atoms with E-state index in [1.165, 1.54) is 11.3 Å². The van der Waals surface area contributed by atoms with Crippen LogP contribution in [0.1, 0.15) is 9.67 Å². The van der Waals surface area contributed by atoms with E-state index in [9.17, 15) is 4.79 Å². The highest BCUT2D eigenvalue weighted by molar-refractivity contribution is 9.13. The zero-order valence-corrected chi connectivity index (χ0v) is 17.2. The van der Waals surface area contributed by atoms with Crippen LogP contribution in [0.3, 0.4) is 0 Å². The second-order valence-corrected chi connectivity index (χ2v) is 9.52. The standard InChI is InChI=1S/C15H12Br2N4OS2/c16-9-8-11(23-12(9)17)14(22)20-4-6-21(7-5-20)15-19-10-2-1-3-18-13(10)24-15/h1-3,8H,4-7H2. The van der Waals surface area contributed by atoms with Gasteiger partial charge in [0.15, 0.2) is 5.13 Å². The first kappa shape index (κ1) is 16.4. The largest absolute Gasteiger partial charge is 0.344 e. The van der Waals surface area contributed by atoms with Crippen molar-refractivity contribution in [3.05, 3.63) is 37.5 Å². The van der Waals surface area contributed by atoms with Crippen LogP contribution in [-0.4, -0.2) is 47.0 Å². The second kappa shape index (κ2) is 6.70. The van der Waals surface area contributed by atoms with Crippen LogP contribution in [0.15, 0.2) is 32.7 Å². The van der Waals surface area contributed by atoms with Crippen molar-refractivity contribution >= 4 is 75.9 Å². The lowest BCUT2D eigenvalue weighted by molar-refractivity contribution is 0.0751. The molecule has 1 amide bonds. The molecule has 0 aliphatic carbocycles. The van der Waals surface area contributed by atoms with E-state index < -0.39 is 0 Å². The van der Waals surface area contributed by atoms with Crippen molar-refractivity contribution in [2.24, 2.45) is 0 Å². The minimum absolute atomic E-state index is 0.0945. The molecule has 24 heavy (non-hydrogen) atoms. The van der Waals surface area contributed by atoms with Gasteiger partial charge in [-0.2, -0.15) is 0 Å². The smallest absolute Gasteiger partial charge is 0.264 e. The summed E-state index contributed by atoms with van der Waals surface area (Å²) in [5, 5.41) is 0.984. The topological polar surface area (TPSA) is 49.3 Å². The van der Waals surface area contributed by atoms with Crippen LogP contribution in [0, 0.1) is 0 Å². The van der Waals surface area contributed by atoms with Crippen LogP contribution < -0.4 is 4.90 Å². The Balaban J connectivity index is 1.45. The zero-order chi connectivity index (χ0) is 16.7. The van der Waals surface area contributed by atoms with E-state index in [1.807, 2.05) is 23.1 Å². The first-order chi connectivity index (χ1) is 11.6. The molecule has 0 unspecified atom stereocenters. The number of rotatable bonds is 2. The van der Waals surface area contributed by atoms with E-state index in [0.29, 0.717) is 13.1 Å². The summed E-state index contributed by atoms with van der Waals surface area (Å²) >= 11 is 9.95. The number of thiophene rings is 1. The predicted molar refractivity (Wildman–Crippen MR) is 105 cm³/mol. The van der Waals surface area contributed by atoms with E-state index >= 15 is 0 Å². The van der Waals surface area contributed by atoms with Gasteiger partial charge in [-0.15, -0.1) is 11.3 Å². The van der Waals surface area contributed by atoms with Gasteiger partial charge in [-0.1, -0.05) is 11.3 Å². The molecule has 0 saturated carbocycles. The first-order valence-corrected chi connectivity index (χ1v) is 10.5. The summed E-state index contributed by atoms with van der Waals surface area (Å²) in [6.07, 6.45) is 1.79. The molecule has 1 fully saturated rings. The van der Waals surface area contributed by atoms with Gasteiger partial charge >= 0.3 is 0 Å². The van der Waals surface area contributed by atoms with Gasteiger partial charge in [-0.05, 0) is 50.1 Å². The number of piperazine rings is 1. The first-order valence-electron chi connectivity index (χ1n) is 7.32. The lowest BCUT2D eigenvalue weighted by Crippen LogP contribution is -2.48. The highest BCUT2D eigenvalue weighted by Gasteiger charge is 2.25.